The second kappa shape index (κ2) is 5.74. The van der Waals surface area contributed by atoms with Crippen LogP contribution in [0.25, 0.3) is 0 Å². The minimum Gasteiger partial charge on any atom is -0.493 e. The molecule has 3 rings (SSSR count). The molecule has 1 fully saturated rings. The molecule has 1 saturated heterocycles. The van der Waals surface area contributed by atoms with Gasteiger partial charge in [0.15, 0.2) is 0 Å². The molecule has 1 aromatic rings. The zero-order valence-corrected chi connectivity index (χ0v) is 13.2. The van der Waals surface area contributed by atoms with Crippen LogP contribution in [0.3, 0.4) is 0 Å². The van der Waals surface area contributed by atoms with Crippen LogP contribution in [0.15, 0.2) is 16.6 Å². The Morgan fingerprint density at radius 1 is 1.50 bits per heavy atom. The topological polar surface area (TPSA) is 41.6 Å². The van der Waals surface area contributed by atoms with Crippen molar-refractivity contribution in [2.45, 2.75) is 32.4 Å². The summed E-state index contributed by atoms with van der Waals surface area (Å²) < 4.78 is 6.80. The number of ether oxygens (including phenoxy) is 1. The number of rotatable bonds is 3. The maximum atomic E-state index is 12.4. The van der Waals surface area contributed by atoms with Crippen molar-refractivity contribution in [3.05, 3.63) is 27.7 Å². The fourth-order valence-corrected chi connectivity index (χ4v) is 3.49. The number of nitrogens with one attached hydrogen (secondary N) is 1. The average Bonchev–Trinajstić information content (AvgIpc) is 2.89. The zero-order chi connectivity index (χ0) is 14.1. The van der Waals surface area contributed by atoms with Gasteiger partial charge in [0.25, 0.3) is 0 Å². The Hall–Kier alpha value is -1.07. The van der Waals surface area contributed by atoms with E-state index in [1.165, 1.54) is 5.56 Å². The van der Waals surface area contributed by atoms with Gasteiger partial charge in [-0.3, -0.25) is 4.79 Å². The number of benzene rings is 1. The molecular weight excluding hydrogens is 320 g/mol. The summed E-state index contributed by atoms with van der Waals surface area (Å²) in [6, 6.07) is 4.14. The first-order valence-electron chi connectivity index (χ1n) is 7.15. The first-order chi connectivity index (χ1) is 9.69. The monoisotopic (exact) mass is 338 g/mol. The molecule has 4 nitrogen and oxygen atoms in total. The van der Waals surface area contributed by atoms with Crippen molar-refractivity contribution in [1.82, 2.24) is 10.2 Å². The van der Waals surface area contributed by atoms with E-state index in [0.29, 0.717) is 6.54 Å². The van der Waals surface area contributed by atoms with E-state index in [2.05, 4.69) is 33.4 Å². The van der Waals surface area contributed by atoms with Crippen LogP contribution in [-0.2, 0) is 17.8 Å². The summed E-state index contributed by atoms with van der Waals surface area (Å²) in [5.41, 5.74) is 2.35. The van der Waals surface area contributed by atoms with Gasteiger partial charge in [-0.2, -0.15) is 0 Å². The standard InChI is InChI=1S/C15H19BrN2O2/c1-2-13-15(19)18(5-4-17-13)9-11-8-12(16)7-10-3-6-20-14(10)11/h7-8,13,17H,2-6,9H2,1H3. The molecule has 1 amide bonds. The normalized spacial score (nSPS) is 21.8. The molecule has 0 bridgehead atoms. The molecule has 108 valence electrons. The Labute approximate surface area is 127 Å². The highest BCUT2D eigenvalue weighted by Crippen LogP contribution is 2.34. The van der Waals surface area contributed by atoms with Crippen molar-refractivity contribution >= 4 is 21.8 Å². The van der Waals surface area contributed by atoms with Crippen molar-refractivity contribution in [3.8, 4) is 5.75 Å². The second-order valence-electron chi connectivity index (χ2n) is 5.33. The van der Waals surface area contributed by atoms with Crippen molar-refractivity contribution in [2.24, 2.45) is 0 Å². The maximum absolute atomic E-state index is 12.4. The highest BCUT2D eigenvalue weighted by Gasteiger charge is 2.28. The zero-order valence-electron chi connectivity index (χ0n) is 11.6. The Morgan fingerprint density at radius 2 is 2.35 bits per heavy atom. The van der Waals surface area contributed by atoms with Crippen LogP contribution < -0.4 is 10.1 Å². The predicted octanol–water partition coefficient (Wildman–Crippen LogP) is 2.09. The Bertz CT molecular complexity index is 533. The molecule has 20 heavy (non-hydrogen) atoms. The van der Waals surface area contributed by atoms with Gasteiger partial charge >= 0.3 is 0 Å². The van der Waals surface area contributed by atoms with Crippen LogP contribution in [0.2, 0.25) is 0 Å². The van der Waals surface area contributed by atoms with Gasteiger partial charge in [0.2, 0.25) is 5.91 Å². The van der Waals surface area contributed by atoms with E-state index in [0.717, 1.165) is 48.3 Å². The van der Waals surface area contributed by atoms with Gasteiger partial charge in [-0.05, 0) is 24.1 Å². The first kappa shape index (κ1) is 13.9. The third kappa shape index (κ3) is 2.56. The number of carbonyl (C=O) groups excluding carboxylic acids is 1. The quantitative estimate of drug-likeness (QED) is 0.917. The van der Waals surface area contributed by atoms with Crippen molar-refractivity contribution in [1.29, 1.82) is 0 Å². The van der Waals surface area contributed by atoms with Crippen LogP contribution in [0.1, 0.15) is 24.5 Å². The summed E-state index contributed by atoms with van der Waals surface area (Å²) >= 11 is 3.55. The molecule has 0 radical (unpaired) electrons. The highest BCUT2D eigenvalue weighted by atomic mass is 79.9. The Kier molecular flexibility index (Phi) is 3.98. The molecule has 2 heterocycles. The molecule has 1 atom stereocenters. The maximum Gasteiger partial charge on any atom is 0.240 e. The molecule has 1 aromatic carbocycles. The molecule has 1 N–H and O–H groups in total. The molecule has 1 unspecified atom stereocenters. The lowest BCUT2D eigenvalue weighted by molar-refractivity contribution is -0.136. The van der Waals surface area contributed by atoms with E-state index >= 15 is 0 Å². The first-order valence-corrected chi connectivity index (χ1v) is 7.94. The van der Waals surface area contributed by atoms with E-state index in [-0.39, 0.29) is 11.9 Å². The molecule has 2 aliphatic rings. The number of fused-ring (bicyclic) bond motifs is 1. The van der Waals surface area contributed by atoms with Crippen LogP contribution in [0.5, 0.6) is 5.75 Å². The van der Waals surface area contributed by atoms with E-state index in [4.69, 9.17) is 4.74 Å². The van der Waals surface area contributed by atoms with Crippen LogP contribution in [-0.4, -0.2) is 36.5 Å². The van der Waals surface area contributed by atoms with Crippen LogP contribution >= 0.6 is 15.9 Å². The van der Waals surface area contributed by atoms with E-state index < -0.39 is 0 Å². The molecule has 0 aliphatic carbocycles. The minimum atomic E-state index is -0.0372. The summed E-state index contributed by atoms with van der Waals surface area (Å²) in [4.78, 5) is 14.3. The number of halogens is 1. The van der Waals surface area contributed by atoms with Gasteiger partial charge in [-0.25, -0.2) is 0 Å². The van der Waals surface area contributed by atoms with Gasteiger partial charge in [-0.1, -0.05) is 22.9 Å². The van der Waals surface area contributed by atoms with E-state index in [9.17, 15) is 4.79 Å². The van der Waals surface area contributed by atoms with Gasteiger partial charge < -0.3 is 15.0 Å². The lowest BCUT2D eigenvalue weighted by Crippen LogP contribution is -2.54. The van der Waals surface area contributed by atoms with Crippen molar-refractivity contribution in [2.75, 3.05) is 19.7 Å². The number of hydrogen-bond acceptors (Lipinski definition) is 3. The molecular formula is C15H19BrN2O2. The summed E-state index contributed by atoms with van der Waals surface area (Å²) in [5.74, 6) is 1.18. The van der Waals surface area contributed by atoms with Gasteiger partial charge in [0, 0.05) is 36.1 Å². The fraction of sp³-hybridized carbons (Fsp3) is 0.533. The van der Waals surface area contributed by atoms with Gasteiger partial charge in [0.05, 0.1) is 12.6 Å². The summed E-state index contributed by atoms with van der Waals surface area (Å²) in [5, 5.41) is 3.27. The molecule has 2 aliphatic heterocycles. The number of piperazine rings is 1. The molecule has 0 spiro atoms. The lowest BCUT2D eigenvalue weighted by Gasteiger charge is -2.33. The number of nitrogens with zero attached hydrogens (tertiary/aromatic N) is 1. The van der Waals surface area contributed by atoms with Crippen molar-refractivity contribution in [3.63, 3.8) is 0 Å². The van der Waals surface area contributed by atoms with Crippen molar-refractivity contribution < 1.29 is 9.53 Å². The summed E-state index contributed by atoms with van der Waals surface area (Å²) in [6.45, 7) is 5.04. The highest BCUT2D eigenvalue weighted by molar-refractivity contribution is 9.10. The third-order valence-electron chi connectivity index (χ3n) is 3.98. The fourth-order valence-electron chi connectivity index (χ4n) is 2.94. The number of amides is 1. The third-order valence-corrected chi connectivity index (χ3v) is 4.43. The van der Waals surface area contributed by atoms with Crippen LogP contribution in [0, 0.1) is 0 Å². The predicted molar refractivity (Wildman–Crippen MR) is 80.8 cm³/mol. The molecule has 0 aromatic heterocycles. The average molecular weight is 339 g/mol. The summed E-state index contributed by atoms with van der Waals surface area (Å²) in [6.07, 6.45) is 1.79. The van der Waals surface area contributed by atoms with E-state index in [1.807, 2.05) is 11.8 Å². The lowest BCUT2D eigenvalue weighted by atomic mass is 10.1. The van der Waals surface area contributed by atoms with Gasteiger partial charge in [-0.15, -0.1) is 0 Å². The largest absolute Gasteiger partial charge is 0.493 e. The van der Waals surface area contributed by atoms with E-state index in [1.54, 1.807) is 0 Å². The Balaban J connectivity index is 1.83. The Morgan fingerprint density at radius 3 is 3.15 bits per heavy atom. The smallest absolute Gasteiger partial charge is 0.240 e. The van der Waals surface area contributed by atoms with Gasteiger partial charge in [0.1, 0.15) is 5.75 Å². The number of hydrogen-bond donors (Lipinski definition) is 1. The molecule has 0 saturated carbocycles. The minimum absolute atomic E-state index is 0.0372. The summed E-state index contributed by atoms with van der Waals surface area (Å²) in [7, 11) is 0. The second-order valence-corrected chi connectivity index (χ2v) is 6.24. The SMILES string of the molecule is CCC1NCCN(Cc2cc(Br)cc3c2OCC3)C1=O. The molecule has 5 heteroatoms. The number of carbonyl (C=O) groups is 1. The van der Waals surface area contributed by atoms with Crippen LogP contribution in [0.4, 0.5) is 0 Å².